The first-order chi connectivity index (χ1) is 25.8. The molecule has 5 nitrogen and oxygen atoms in total. The number of fused-ring (bicyclic) bond motifs is 8. The van der Waals surface area contributed by atoms with Gasteiger partial charge in [-0.15, -0.1) is 0 Å². The Morgan fingerprint density at radius 2 is 0.750 bits per heavy atom. The van der Waals surface area contributed by atoms with Gasteiger partial charge in [0, 0.05) is 22.3 Å². The standard InChI is InChI=1S/C47H29N5/c1-2-10-33(11-3-1)47-51-43(27-44(52-47)32-22-24-34(25-23-32)46-49-28-48-29-50-46)31-20-18-30(19-21-31)41-26-42-37-14-5-4-12-35(37)36-13-6-8-16-39(36)45(42)40-17-9-7-15-38(40)41/h1-29H. The minimum absolute atomic E-state index is 0.635. The normalized spacial score (nSPS) is 11.5. The lowest BCUT2D eigenvalue weighted by Crippen LogP contribution is -1.96. The molecule has 0 fully saturated rings. The van der Waals surface area contributed by atoms with Crippen molar-refractivity contribution in [3.63, 3.8) is 0 Å². The molecule has 0 bridgehead atoms. The smallest absolute Gasteiger partial charge is 0.162 e. The van der Waals surface area contributed by atoms with E-state index in [1.807, 2.05) is 42.5 Å². The third-order valence-corrected chi connectivity index (χ3v) is 9.93. The van der Waals surface area contributed by atoms with Crippen molar-refractivity contribution in [3.8, 4) is 56.4 Å². The van der Waals surface area contributed by atoms with Crippen LogP contribution in [0.2, 0.25) is 0 Å². The van der Waals surface area contributed by atoms with Gasteiger partial charge in [0.2, 0.25) is 0 Å². The maximum absolute atomic E-state index is 5.08. The van der Waals surface area contributed by atoms with E-state index in [0.717, 1.165) is 39.2 Å². The van der Waals surface area contributed by atoms with Gasteiger partial charge in [-0.2, -0.15) is 0 Å². The Balaban J connectivity index is 1.11. The second-order valence-electron chi connectivity index (χ2n) is 12.9. The zero-order chi connectivity index (χ0) is 34.4. The highest BCUT2D eigenvalue weighted by atomic mass is 15.0. The quantitative estimate of drug-likeness (QED) is 0.171. The third-order valence-electron chi connectivity index (χ3n) is 9.93. The van der Waals surface area contributed by atoms with Gasteiger partial charge in [0.1, 0.15) is 12.7 Å². The maximum Gasteiger partial charge on any atom is 0.162 e. The first-order valence-electron chi connectivity index (χ1n) is 17.3. The zero-order valence-electron chi connectivity index (χ0n) is 28.0. The maximum atomic E-state index is 5.08. The molecule has 0 aliphatic heterocycles. The lowest BCUT2D eigenvalue weighted by Gasteiger charge is -2.16. The van der Waals surface area contributed by atoms with E-state index in [1.54, 1.807) is 0 Å². The van der Waals surface area contributed by atoms with Crippen LogP contribution in [0.5, 0.6) is 0 Å². The largest absolute Gasteiger partial charge is 0.228 e. The second-order valence-corrected chi connectivity index (χ2v) is 12.9. The number of nitrogens with zero attached hydrogens (tertiary/aromatic N) is 5. The molecule has 10 aromatic rings. The monoisotopic (exact) mass is 663 g/mol. The highest BCUT2D eigenvalue weighted by Crippen LogP contribution is 2.43. The molecule has 8 aromatic carbocycles. The topological polar surface area (TPSA) is 64.5 Å². The molecule has 242 valence electrons. The highest BCUT2D eigenvalue weighted by Gasteiger charge is 2.16. The summed E-state index contributed by atoms with van der Waals surface area (Å²) in [5.74, 6) is 1.31. The van der Waals surface area contributed by atoms with Crippen molar-refractivity contribution >= 4 is 43.1 Å². The van der Waals surface area contributed by atoms with Crippen LogP contribution in [0.3, 0.4) is 0 Å². The van der Waals surface area contributed by atoms with Crippen LogP contribution in [0.25, 0.3) is 99.5 Å². The third kappa shape index (κ3) is 5.07. The summed E-state index contributed by atoms with van der Waals surface area (Å²) in [4.78, 5) is 22.6. The van der Waals surface area contributed by atoms with E-state index < -0.39 is 0 Å². The number of hydrogen-bond acceptors (Lipinski definition) is 5. The van der Waals surface area contributed by atoms with Crippen molar-refractivity contribution in [2.45, 2.75) is 0 Å². The summed E-state index contributed by atoms with van der Waals surface area (Å²) in [5, 5.41) is 10.2. The molecule has 52 heavy (non-hydrogen) atoms. The molecular weight excluding hydrogens is 635 g/mol. The summed E-state index contributed by atoms with van der Waals surface area (Å²) < 4.78 is 0. The van der Waals surface area contributed by atoms with Crippen molar-refractivity contribution < 1.29 is 0 Å². The lowest BCUT2D eigenvalue weighted by molar-refractivity contribution is 1.06. The molecule has 0 radical (unpaired) electrons. The zero-order valence-corrected chi connectivity index (χ0v) is 28.0. The van der Waals surface area contributed by atoms with Crippen LogP contribution in [0.15, 0.2) is 176 Å². The summed E-state index contributed by atoms with van der Waals surface area (Å²) in [6.07, 6.45) is 3.02. The number of rotatable bonds is 5. The first-order valence-corrected chi connectivity index (χ1v) is 17.3. The number of hydrogen-bond donors (Lipinski definition) is 0. The molecule has 2 aromatic heterocycles. The average Bonchev–Trinajstić information content (AvgIpc) is 3.24. The van der Waals surface area contributed by atoms with Crippen molar-refractivity contribution in [3.05, 3.63) is 176 Å². The fraction of sp³-hybridized carbons (Fsp3) is 0. The lowest BCUT2D eigenvalue weighted by atomic mass is 9.87. The second kappa shape index (κ2) is 12.3. The molecule has 0 atom stereocenters. The van der Waals surface area contributed by atoms with E-state index in [1.165, 1.54) is 61.3 Å². The Bertz CT molecular complexity index is 2920. The Morgan fingerprint density at radius 1 is 0.308 bits per heavy atom. The van der Waals surface area contributed by atoms with Gasteiger partial charge in [0.05, 0.1) is 11.4 Å². The molecule has 0 unspecified atom stereocenters. The van der Waals surface area contributed by atoms with Gasteiger partial charge in [-0.3, -0.25) is 0 Å². The van der Waals surface area contributed by atoms with Gasteiger partial charge in [-0.1, -0.05) is 152 Å². The van der Waals surface area contributed by atoms with Crippen molar-refractivity contribution in [2.24, 2.45) is 0 Å². The molecule has 0 aliphatic carbocycles. The fourth-order valence-electron chi connectivity index (χ4n) is 7.46. The minimum atomic E-state index is 0.635. The molecule has 5 heteroatoms. The van der Waals surface area contributed by atoms with Gasteiger partial charge in [-0.25, -0.2) is 24.9 Å². The van der Waals surface area contributed by atoms with Crippen LogP contribution in [-0.4, -0.2) is 24.9 Å². The van der Waals surface area contributed by atoms with E-state index in [9.17, 15) is 0 Å². The predicted molar refractivity (Wildman–Crippen MR) is 213 cm³/mol. The van der Waals surface area contributed by atoms with E-state index in [0.29, 0.717) is 11.6 Å². The molecule has 0 saturated carbocycles. The van der Waals surface area contributed by atoms with Crippen LogP contribution in [0.4, 0.5) is 0 Å². The van der Waals surface area contributed by atoms with E-state index in [4.69, 9.17) is 9.97 Å². The Labute approximate surface area is 300 Å². The molecule has 10 rings (SSSR count). The van der Waals surface area contributed by atoms with Gasteiger partial charge in [-0.05, 0) is 66.3 Å². The van der Waals surface area contributed by atoms with Gasteiger partial charge >= 0.3 is 0 Å². The molecule has 2 heterocycles. The van der Waals surface area contributed by atoms with Crippen molar-refractivity contribution in [2.75, 3.05) is 0 Å². The fourth-order valence-corrected chi connectivity index (χ4v) is 7.46. The SMILES string of the molecule is c1ccc(-c2nc(-c3ccc(-c4ncncn4)cc3)cc(-c3ccc(-c4cc5c6ccccc6c6ccccc6c5c5ccccc45)cc3)n2)cc1. The molecule has 0 saturated heterocycles. The summed E-state index contributed by atoms with van der Waals surface area (Å²) >= 11 is 0. The van der Waals surface area contributed by atoms with Gasteiger partial charge in [0.15, 0.2) is 11.6 Å². The first kappa shape index (κ1) is 29.8. The van der Waals surface area contributed by atoms with E-state index in [-0.39, 0.29) is 0 Å². The molecule has 0 spiro atoms. The number of aromatic nitrogens is 5. The van der Waals surface area contributed by atoms with Crippen molar-refractivity contribution in [1.82, 2.24) is 24.9 Å². The van der Waals surface area contributed by atoms with Crippen LogP contribution in [-0.2, 0) is 0 Å². The van der Waals surface area contributed by atoms with Crippen LogP contribution >= 0.6 is 0 Å². The van der Waals surface area contributed by atoms with Gasteiger partial charge in [0.25, 0.3) is 0 Å². The van der Waals surface area contributed by atoms with Gasteiger partial charge < -0.3 is 0 Å². The summed E-state index contributed by atoms with van der Waals surface area (Å²) in [5.41, 5.74) is 7.96. The van der Waals surface area contributed by atoms with Crippen LogP contribution in [0.1, 0.15) is 0 Å². The van der Waals surface area contributed by atoms with E-state index in [2.05, 4.69) is 136 Å². The highest BCUT2D eigenvalue weighted by molar-refractivity contribution is 6.33. The Morgan fingerprint density at radius 3 is 1.37 bits per heavy atom. The van der Waals surface area contributed by atoms with Crippen molar-refractivity contribution in [1.29, 1.82) is 0 Å². The molecule has 0 amide bonds. The molecular formula is C47H29N5. The number of benzene rings is 8. The van der Waals surface area contributed by atoms with Crippen LogP contribution < -0.4 is 0 Å². The summed E-state index contributed by atoms with van der Waals surface area (Å²) in [6.45, 7) is 0. The van der Waals surface area contributed by atoms with Crippen LogP contribution in [0, 0.1) is 0 Å². The Kier molecular flexibility index (Phi) is 7.07. The average molecular weight is 664 g/mol. The minimum Gasteiger partial charge on any atom is -0.228 e. The van der Waals surface area contributed by atoms with E-state index >= 15 is 0 Å². The molecule has 0 N–H and O–H groups in total. The Hall–Kier alpha value is -7.11. The predicted octanol–water partition coefficient (Wildman–Crippen LogP) is 11.6. The summed E-state index contributed by atoms with van der Waals surface area (Å²) in [6, 6.07) is 57.9. The summed E-state index contributed by atoms with van der Waals surface area (Å²) in [7, 11) is 0. The molecule has 0 aliphatic rings.